The maximum atomic E-state index is 13.3. The zero-order valence-electron chi connectivity index (χ0n) is 16.6. The number of nitrogens with one attached hydrogen (secondary N) is 1. The van der Waals surface area contributed by atoms with E-state index in [4.69, 9.17) is 10.2 Å². The Morgan fingerprint density at radius 2 is 1.77 bits per heavy atom. The van der Waals surface area contributed by atoms with Crippen LogP contribution < -0.4 is 16.0 Å². The zero-order valence-corrected chi connectivity index (χ0v) is 16.6. The van der Waals surface area contributed by atoms with E-state index in [1.807, 2.05) is 6.07 Å². The third-order valence-electron chi connectivity index (χ3n) is 4.99. The molecule has 3 N–H and O–H groups in total. The summed E-state index contributed by atoms with van der Waals surface area (Å²) in [4.78, 5) is 16.5. The van der Waals surface area contributed by atoms with E-state index in [-0.39, 0.29) is 11.6 Å². The van der Waals surface area contributed by atoms with Crippen LogP contribution in [0.15, 0.2) is 47.1 Å². The van der Waals surface area contributed by atoms with Gasteiger partial charge < -0.3 is 20.4 Å². The first-order valence-electron chi connectivity index (χ1n) is 9.79. The Labute approximate surface area is 176 Å². The second-order valence-electron chi connectivity index (χ2n) is 7.14. The van der Waals surface area contributed by atoms with Gasteiger partial charge in [0.05, 0.1) is 24.9 Å². The molecular weight excluding hydrogens is 411 g/mol. The summed E-state index contributed by atoms with van der Waals surface area (Å²) in [6.45, 7) is 2.93. The molecule has 4 rings (SSSR count). The average molecular weight is 433 g/mol. The van der Waals surface area contributed by atoms with Gasteiger partial charge in [-0.2, -0.15) is 28.1 Å². The number of rotatable bonds is 6. The van der Waals surface area contributed by atoms with Gasteiger partial charge in [-0.05, 0) is 24.3 Å². The molecule has 31 heavy (non-hydrogen) atoms. The van der Waals surface area contributed by atoms with Crippen LogP contribution >= 0.6 is 0 Å². The predicted molar refractivity (Wildman–Crippen MR) is 109 cm³/mol. The maximum absolute atomic E-state index is 13.3. The highest BCUT2D eigenvalue weighted by atomic mass is 19.4. The number of furan rings is 1. The van der Waals surface area contributed by atoms with Gasteiger partial charge in [-0.15, -0.1) is 0 Å². The van der Waals surface area contributed by atoms with Crippen molar-refractivity contribution >= 4 is 17.6 Å². The van der Waals surface area contributed by atoms with E-state index in [2.05, 4.69) is 25.2 Å². The third kappa shape index (κ3) is 5.23. The van der Waals surface area contributed by atoms with Crippen molar-refractivity contribution in [2.75, 3.05) is 42.1 Å². The molecule has 1 aromatic carbocycles. The van der Waals surface area contributed by atoms with Crippen LogP contribution in [0.3, 0.4) is 0 Å². The van der Waals surface area contributed by atoms with Gasteiger partial charge in [0.2, 0.25) is 11.9 Å². The van der Waals surface area contributed by atoms with Crippen LogP contribution in [0.4, 0.5) is 30.8 Å². The molecule has 0 unspecified atom stereocenters. The van der Waals surface area contributed by atoms with Crippen LogP contribution in [0.1, 0.15) is 17.1 Å². The lowest BCUT2D eigenvalue weighted by molar-refractivity contribution is -0.137. The number of hydrogen-bond donors (Lipinski definition) is 2. The lowest BCUT2D eigenvalue weighted by Gasteiger charge is -2.36. The second kappa shape index (κ2) is 8.80. The van der Waals surface area contributed by atoms with E-state index < -0.39 is 11.7 Å². The summed E-state index contributed by atoms with van der Waals surface area (Å²) < 4.78 is 45.2. The van der Waals surface area contributed by atoms with E-state index in [1.165, 1.54) is 12.1 Å². The molecule has 0 saturated carbocycles. The van der Waals surface area contributed by atoms with Gasteiger partial charge in [0.25, 0.3) is 0 Å². The molecule has 3 aromatic rings. The van der Waals surface area contributed by atoms with Crippen LogP contribution in [0.5, 0.6) is 0 Å². The molecule has 0 aliphatic carbocycles. The Morgan fingerprint density at radius 3 is 2.48 bits per heavy atom. The molecule has 0 spiro atoms. The van der Waals surface area contributed by atoms with Crippen molar-refractivity contribution in [3.63, 3.8) is 0 Å². The minimum Gasteiger partial charge on any atom is -0.467 e. The molecule has 0 radical (unpaired) electrons. The fourth-order valence-electron chi connectivity index (χ4n) is 3.50. The van der Waals surface area contributed by atoms with Crippen LogP contribution in [0, 0.1) is 0 Å². The highest BCUT2D eigenvalue weighted by Gasteiger charge is 2.35. The molecule has 0 bridgehead atoms. The van der Waals surface area contributed by atoms with Gasteiger partial charge in [0, 0.05) is 31.9 Å². The number of anilines is 3. The minimum absolute atomic E-state index is 0.102. The molecule has 1 saturated heterocycles. The monoisotopic (exact) mass is 433 g/mol. The van der Waals surface area contributed by atoms with Crippen LogP contribution in [-0.4, -0.2) is 46.0 Å². The van der Waals surface area contributed by atoms with Crippen molar-refractivity contribution in [1.29, 1.82) is 0 Å². The second-order valence-corrected chi connectivity index (χ2v) is 7.14. The Morgan fingerprint density at radius 1 is 1.00 bits per heavy atom. The summed E-state index contributed by atoms with van der Waals surface area (Å²) in [5, 5.41) is 3.05. The Hall–Kier alpha value is -3.34. The molecular formula is C20H22F3N7O. The van der Waals surface area contributed by atoms with Crippen molar-refractivity contribution in [1.82, 2.24) is 19.9 Å². The first-order chi connectivity index (χ1) is 14.9. The molecule has 8 nitrogen and oxygen atoms in total. The molecule has 0 atom stereocenters. The largest absolute Gasteiger partial charge is 0.467 e. The Kier molecular flexibility index (Phi) is 5.94. The Bertz CT molecular complexity index is 1000. The molecule has 1 aliphatic rings. The number of hydrogen-bond acceptors (Lipinski definition) is 8. The molecule has 164 valence electrons. The van der Waals surface area contributed by atoms with Crippen molar-refractivity contribution in [2.24, 2.45) is 0 Å². The van der Waals surface area contributed by atoms with Gasteiger partial charge in [-0.3, -0.25) is 4.90 Å². The van der Waals surface area contributed by atoms with Gasteiger partial charge >= 0.3 is 6.18 Å². The van der Waals surface area contributed by atoms with Crippen molar-refractivity contribution in [3.05, 3.63) is 59.8 Å². The normalized spacial score (nSPS) is 15.3. The van der Waals surface area contributed by atoms with E-state index in [9.17, 15) is 13.2 Å². The summed E-state index contributed by atoms with van der Waals surface area (Å²) in [5.41, 5.74) is 5.41. The number of benzene rings is 1. The standard InChI is InChI=1S/C20H22F3N7O/c21-20(22,23)15-5-1-2-6-16(15)30-9-7-29(8-10-30)13-17-26-18(24)28-19(27-17)25-12-14-4-3-11-31-14/h1-6,11H,7-10,12-13H2,(H3,24,25,26,27,28). The number of piperazine rings is 1. The van der Waals surface area contributed by atoms with Gasteiger partial charge in [0.15, 0.2) is 0 Å². The maximum Gasteiger partial charge on any atom is 0.418 e. The van der Waals surface area contributed by atoms with Gasteiger partial charge in [-0.25, -0.2) is 0 Å². The smallest absolute Gasteiger partial charge is 0.418 e. The van der Waals surface area contributed by atoms with Gasteiger partial charge in [0.1, 0.15) is 11.6 Å². The fourth-order valence-corrected chi connectivity index (χ4v) is 3.50. The van der Waals surface area contributed by atoms with Gasteiger partial charge in [-0.1, -0.05) is 12.1 Å². The van der Waals surface area contributed by atoms with Crippen LogP contribution in [0.25, 0.3) is 0 Å². The highest BCUT2D eigenvalue weighted by Crippen LogP contribution is 2.36. The zero-order chi connectivity index (χ0) is 21.8. The van der Waals surface area contributed by atoms with E-state index in [1.54, 1.807) is 23.3 Å². The number of nitrogen functional groups attached to an aromatic ring is 1. The average Bonchev–Trinajstić information content (AvgIpc) is 3.26. The fraction of sp³-hybridized carbons (Fsp3) is 0.350. The summed E-state index contributed by atoms with van der Waals surface area (Å²) >= 11 is 0. The SMILES string of the molecule is Nc1nc(CN2CCN(c3ccccc3C(F)(F)F)CC2)nc(NCc2ccco2)n1. The lowest BCUT2D eigenvalue weighted by atomic mass is 10.1. The van der Waals surface area contributed by atoms with Crippen molar-refractivity contribution in [2.45, 2.75) is 19.3 Å². The topological polar surface area (TPSA) is 96.3 Å². The molecule has 1 aliphatic heterocycles. The van der Waals surface area contributed by atoms with Crippen LogP contribution in [0.2, 0.25) is 0 Å². The first-order valence-corrected chi connectivity index (χ1v) is 9.79. The van der Waals surface area contributed by atoms with E-state index in [0.717, 1.165) is 11.8 Å². The van der Waals surface area contributed by atoms with E-state index >= 15 is 0 Å². The molecule has 1 fully saturated rings. The number of alkyl halides is 3. The Balaban J connectivity index is 1.37. The third-order valence-corrected chi connectivity index (χ3v) is 4.99. The molecule has 2 aromatic heterocycles. The number of halogens is 3. The first kappa shape index (κ1) is 20.9. The molecule has 0 amide bonds. The molecule has 3 heterocycles. The minimum atomic E-state index is -4.38. The summed E-state index contributed by atoms with van der Waals surface area (Å²) in [6, 6.07) is 9.29. The van der Waals surface area contributed by atoms with Crippen LogP contribution in [-0.2, 0) is 19.3 Å². The number of aromatic nitrogens is 3. The molecule has 11 heteroatoms. The summed E-state index contributed by atoms with van der Waals surface area (Å²) in [7, 11) is 0. The number of nitrogens with zero attached hydrogens (tertiary/aromatic N) is 5. The predicted octanol–water partition coefficient (Wildman–Crippen LogP) is 3.00. The summed E-state index contributed by atoms with van der Waals surface area (Å²) in [5.74, 6) is 1.68. The number of nitrogens with two attached hydrogens (primary N) is 1. The summed E-state index contributed by atoms with van der Waals surface area (Å²) in [6.07, 6.45) is -2.80. The lowest BCUT2D eigenvalue weighted by Crippen LogP contribution is -2.46. The van der Waals surface area contributed by atoms with Crippen molar-refractivity contribution < 1.29 is 17.6 Å². The van der Waals surface area contributed by atoms with E-state index in [0.29, 0.717) is 51.0 Å². The van der Waals surface area contributed by atoms with Crippen molar-refractivity contribution in [3.8, 4) is 0 Å². The highest BCUT2D eigenvalue weighted by molar-refractivity contribution is 5.55. The number of para-hydroxylation sites is 1. The quantitative estimate of drug-likeness (QED) is 0.613.